The van der Waals surface area contributed by atoms with Gasteiger partial charge in [-0.3, -0.25) is 13.9 Å². The van der Waals surface area contributed by atoms with Gasteiger partial charge in [0.1, 0.15) is 18.3 Å². The SMILES string of the molecule is CCOc1ccc(N(CC(=O)N(Cc2ccc(Cl)c(Cl)c2)[C@H](Cc2ccccc2)C(=O)NCC(C)C)S(=O)(=O)c2ccc(C)cc2)cc1. The fraction of sp³-hybridized carbons (Fsp3) is 0.297. The molecule has 1 atom stereocenters. The third-order valence-corrected chi connectivity index (χ3v) is 10.1. The highest BCUT2D eigenvalue weighted by molar-refractivity contribution is 7.92. The van der Waals surface area contributed by atoms with Crippen LogP contribution in [0.1, 0.15) is 37.5 Å². The Morgan fingerprint density at radius 2 is 1.52 bits per heavy atom. The van der Waals surface area contributed by atoms with Crippen molar-refractivity contribution in [3.8, 4) is 5.75 Å². The van der Waals surface area contributed by atoms with Crippen molar-refractivity contribution in [1.29, 1.82) is 0 Å². The van der Waals surface area contributed by atoms with Crippen LogP contribution in [-0.2, 0) is 32.6 Å². The van der Waals surface area contributed by atoms with Crippen molar-refractivity contribution in [2.45, 2.75) is 51.6 Å². The van der Waals surface area contributed by atoms with E-state index < -0.39 is 28.5 Å². The summed E-state index contributed by atoms with van der Waals surface area (Å²) >= 11 is 12.6. The van der Waals surface area contributed by atoms with E-state index in [1.807, 2.05) is 58.0 Å². The molecule has 0 radical (unpaired) electrons. The van der Waals surface area contributed by atoms with Gasteiger partial charge in [0.05, 0.1) is 27.2 Å². The summed E-state index contributed by atoms with van der Waals surface area (Å²) in [5.74, 6) is -0.201. The summed E-state index contributed by atoms with van der Waals surface area (Å²) in [5, 5.41) is 3.62. The van der Waals surface area contributed by atoms with Crippen LogP contribution in [0.3, 0.4) is 0 Å². The minimum Gasteiger partial charge on any atom is -0.494 e. The van der Waals surface area contributed by atoms with E-state index in [-0.39, 0.29) is 35.4 Å². The van der Waals surface area contributed by atoms with Crippen molar-refractivity contribution < 1.29 is 22.7 Å². The van der Waals surface area contributed by atoms with E-state index in [9.17, 15) is 18.0 Å². The molecule has 0 aliphatic carbocycles. The molecule has 1 N–H and O–H groups in total. The second kappa shape index (κ2) is 16.9. The molecular formula is C37H41Cl2N3O5S. The summed E-state index contributed by atoms with van der Waals surface area (Å²) in [4.78, 5) is 30.0. The number of aryl methyl sites for hydroxylation is 1. The van der Waals surface area contributed by atoms with Crippen molar-refractivity contribution in [3.63, 3.8) is 0 Å². The molecule has 0 aliphatic heterocycles. The second-order valence-electron chi connectivity index (χ2n) is 11.9. The Balaban J connectivity index is 1.81. The number of carbonyl (C=O) groups is 2. The molecule has 0 fully saturated rings. The Kier molecular flexibility index (Phi) is 12.9. The van der Waals surface area contributed by atoms with Crippen LogP contribution in [0.5, 0.6) is 5.75 Å². The molecule has 4 aromatic rings. The van der Waals surface area contributed by atoms with Crippen LogP contribution >= 0.6 is 23.2 Å². The predicted molar refractivity (Wildman–Crippen MR) is 192 cm³/mol. The molecule has 0 unspecified atom stereocenters. The molecule has 0 heterocycles. The van der Waals surface area contributed by atoms with Gasteiger partial charge in [-0.15, -0.1) is 0 Å². The minimum atomic E-state index is -4.23. The van der Waals surface area contributed by atoms with Gasteiger partial charge in [-0.05, 0) is 79.4 Å². The molecule has 0 saturated carbocycles. The number of amides is 2. The number of hydrogen-bond acceptors (Lipinski definition) is 5. The van der Waals surface area contributed by atoms with E-state index in [4.69, 9.17) is 27.9 Å². The van der Waals surface area contributed by atoms with Gasteiger partial charge in [-0.1, -0.05) is 91.1 Å². The zero-order valence-corrected chi connectivity index (χ0v) is 29.9. The highest BCUT2D eigenvalue weighted by atomic mass is 35.5. The first-order valence-corrected chi connectivity index (χ1v) is 18.0. The lowest BCUT2D eigenvalue weighted by Gasteiger charge is -2.34. The zero-order chi connectivity index (χ0) is 34.8. The Hall–Kier alpha value is -4.05. The first-order valence-electron chi connectivity index (χ1n) is 15.8. The van der Waals surface area contributed by atoms with Crippen molar-refractivity contribution >= 4 is 50.7 Å². The van der Waals surface area contributed by atoms with E-state index in [1.165, 1.54) is 17.0 Å². The minimum absolute atomic E-state index is 0.0238. The maximum absolute atomic E-state index is 14.6. The fourth-order valence-corrected chi connectivity index (χ4v) is 6.79. The number of sulfonamides is 1. The Morgan fingerprint density at radius 1 is 0.854 bits per heavy atom. The first-order chi connectivity index (χ1) is 22.9. The third kappa shape index (κ3) is 9.75. The molecule has 48 heavy (non-hydrogen) atoms. The van der Waals surface area contributed by atoms with Crippen LogP contribution in [-0.4, -0.2) is 50.9 Å². The van der Waals surface area contributed by atoms with E-state index >= 15 is 0 Å². The molecule has 11 heteroatoms. The Labute approximate surface area is 293 Å². The Morgan fingerprint density at radius 3 is 2.12 bits per heavy atom. The van der Waals surface area contributed by atoms with Gasteiger partial charge >= 0.3 is 0 Å². The monoisotopic (exact) mass is 709 g/mol. The van der Waals surface area contributed by atoms with E-state index in [2.05, 4.69) is 5.32 Å². The summed E-state index contributed by atoms with van der Waals surface area (Å²) in [6.07, 6.45) is 0.200. The molecular weight excluding hydrogens is 669 g/mol. The van der Waals surface area contributed by atoms with Gasteiger partial charge in [0.15, 0.2) is 0 Å². The van der Waals surface area contributed by atoms with Crippen molar-refractivity contribution in [2.24, 2.45) is 5.92 Å². The summed E-state index contributed by atoms with van der Waals surface area (Å²) in [6.45, 7) is 7.92. The molecule has 2 amide bonds. The highest BCUT2D eigenvalue weighted by Gasteiger charge is 2.34. The standard InChI is InChI=1S/C37H41Cl2N3O5S/c1-5-47-31-16-14-30(15-17-31)42(48(45,46)32-18-11-27(4)12-19-32)25-36(43)41(24-29-13-20-33(38)34(39)21-29)35(37(44)40-23-26(2)3)22-28-9-7-6-8-10-28/h6-21,26,35H,5,22-25H2,1-4H3,(H,40,44)/t35-/m1/s1. The molecule has 0 spiro atoms. The largest absolute Gasteiger partial charge is 0.494 e. The van der Waals surface area contributed by atoms with Crippen molar-refractivity contribution in [3.05, 3.63) is 124 Å². The Bertz CT molecular complexity index is 1780. The zero-order valence-electron chi connectivity index (χ0n) is 27.5. The van der Waals surface area contributed by atoms with E-state index in [0.717, 1.165) is 15.4 Å². The number of carbonyl (C=O) groups excluding carboxylic acids is 2. The molecule has 0 aliphatic rings. The summed E-state index contributed by atoms with van der Waals surface area (Å²) in [5.41, 5.74) is 2.62. The smallest absolute Gasteiger partial charge is 0.264 e. The predicted octanol–water partition coefficient (Wildman–Crippen LogP) is 7.31. The van der Waals surface area contributed by atoms with Crippen LogP contribution in [0.2, 0.25) is 10.0 Å². The molecule has 0 bridgehead atoms. The number of ether oxygens (including phenoxy) is 1. The topological polar surface area (TPSA) is 96.0 Å². The lowest BCUT2D eigenvalue weighted by Crippen LogP contribution is -2.53. The molecule has 0 saturated heterocycles. The van der Waals surface area contributed by atoms with Crippen molar-refractivity contribution in [2.75, 3.05) is 24.0 Å². The number of halogens is 2. The lowest BCUT2D eigenvalue weighted by atomic mass is 10.0. The number of nitrogens with one attached hydrogen (secondary N) is 1. The second-order valence-corrected chi connectivity index (χ2v) is 14.5. The third-order valence-electron chi connectivity index (χ3n) is 7.62. The van der Waals surface area contributed by atoms with Gasteiger partial charge in [0.25, 0.3) is 10.0 Å². The van der Waals surface area contributed by atoms with Crippen LogP contribution in [0, 0.1) is 12.8 Å². The molecule has 0 aromatic heterocycles. The van der Waals surface area contributed by atoms with Crippen LogP contribution in [0.4, 0.5) is 5.69 Å². The molecule has 8 nitrogen and oxygen atoms in total. The number of rotatable bonds is 15. The fourth-order valence-electron chi connectivity index (χ4n) is 5.05. The molecule has 4 rings (SSSR count). The first kappa shape index (κ1) is 36.8. The molecule has 254 valence electrons. The van der Waals surface area contributed by atoms with Gasteiger partial charge in [0, 0.05) is 19.5 Å². The van der Waals surface area contributed by atoms with Crippen molar-refractivity contribution in [1.82, 2.24) is 10.2 Å². The van der Waals surface area contributed by atoms with E-state index in [0.29, 0.717) is 34.5 Å². The maximum atomic E-state index is 14.6. The summed E-state index contributed by atoms with van der Waals surface area (Å²) in [7, 11) is -4.23. The van der Waals surface area contributed by atoms with Gasteiger partial charge in [-0.2, -0.15) is 0 Å². The maximum Gasteiger partial charge on any atom is 0.264 e. The van der Waals surface area contributed by atoms with Gasteiger partial charge < -0.3 is 15.0 Å². The summed E-state index contributed by atoms with van der Waals surface area (Å²) < 4.78 is 35.1. The normalized spacial score (nSPS) is 12.0. The number of nitrogens with zero attached hydrogens (tertiary/aromatic N) is 2. The van der Waals surface area contributed by atoms with Crippen LogP contribution < -0.4 is 14.4 Å². The van der Waals surface area contributed by atoms with Crippen LogP contribution in [0.25, 0.3) is 0 Å². The van der Waals surface area contributed by atoms with Gasteiger partial charge in [0.2, 0.25) is 11.8 Å². The number of hydrogen-bond donors (Lipinski definition) is 1. The highest BCUT2D eigenvalue weighted by Crippen LogP contribution is 2.28. The van der Waals surface area contributed by atoms with E-state index in [1.54, 1.807) is 54.6 Å². The number of anilines is 1. The van der Waals surface area contributed by atoms with Crippen LogP contribution in [0.15, 0.2) is 102 Å². The quantitative estimate of drug-likeness (QED) is 0.140. The number of benzene rings is 4. The molecule has 4 aromatic carbocycles. The summed E-state index contributed by atoms with van der Waals surface area (Å²) in [6, 6.07) is 26.4. The van der Waals surface area contributed by atoms with Gasteiger partial charge in [-0.25, -0.2) is 8.42 Å². The average Bonchev–Trinajstić information content (AvgIpc) is 3.06. The average molecular weight is 711 g/mol. The lowest BCUT2D eigenvalue weighted by molar-refractivity contribution is -0.140.